The third kappa shape index (κ3) is 5.74. The predicted molar refractivity (Wildman–Crippen MR) is 133 cm³/mol. The van der Waals surface area contributed by atoms with E-state index in [2.05, 4.69) is 70.6 Å². The number of rotatable bonds is 11. The van der Waals surface area contributed by atoms with Gasteiger partial charge in [-0.15, -0.1) is 20.4 Å². The largest absolute Gasteiger partial charge is 0.147 e. The number of nitrogens with zero attached hydrogens (tertiary/aromatic N) is 4. The molecule has 0 aliphatic rings. The monoisotopic (exact) mass is 450 g/mol. The van der Waals surface area contributed by atoms with E-state index in [0.29, 0.717) is 0 Å². The van der Waals surface area contributed by atoms with Crippen LogP contribution < -0.4 is 0 Å². The van der Waals surface area contributed by atoms with Crippen LogP contribution in [0.25, 0.3) is 31.9 Å². The lowest BCUT2D eigenvalue weighted by molar-refractivity contribution is 0.663. The molecule has 2 aromatic carbocycles. The van der Waals surface area contributed by atoms with E-state index in [-0.39, 0.29) is 0 Å². The Hall–Kier alpha value is -2.18. The topological polar surface area (TPSA) is 51.6 Å². The van der Waals surface area contributed by atoms with Crippen molar-refractivity contribution in [3.63, 3.8) is 0 Å². The second kappa shape index (κ2) is 10.9. The molecule has 4 nitrogen and oxygen atoms in total. The van der Waals surface area contributed by atoms with Gasteiger partial charge in [0.1, 0.15) is 20.0 Å². The predicted octanol–water partition coefficient (Wildman–Crippen LogP) is 7.73. The van der Waals surface area contributed by atoms with Crippen LogP contribution in [0.3, 0.4) is 0 Å². The van der Waals surface area contributed by atoms with E-state index in [1.807, 2.05) is 0 Å². The van der Waals surface area contributed by atoms with Gasteiger partial charge in [0.2, 0.25) is 0 Å². The summed E-state index contributed by atoms with van der Waals surface area (Å²) in [5.74, 6) is 0. The molecule has 0 saturated heterocycles. The van der Waals surface area contributed by atoms with Gasteiger partial charge in [-0.3, -0.25) is 0 Å². The standard InChI is InChI=1S/C25H30N4S2/c1-3-5-7-9-11-23-27-29-25(31-23)20-15-13-18-12-14-19(16-21(18)17-20)24-28-26-22(30-24)10-8-6-4-2/h12-17H,3-11H2,1-2H3. The van der Waals surface area contributed by atoms with E-state index in [4.69, 9.17) is 0 Å². The number of fused-ring (bicyclic) bond motifs is 1. The van der Waals surface area contributed by atoms with Crippen molar-refractivity contribution in [3.05, 3.63) is 46.4 Å². The van der Waals surface area contributed by atoms with Crippen LogP contribution in [0.15, 0.2) is 36.4 Å². The fourth-order valence-electron chi connectivity index (χ4n) is 3.68. The van der Waals surface area contributed by atoms with E-state index in [0.717, 1.165) is 44.0 Å². The third-order valence-corrected chi connectivity index (χ3v) is 7.57. The Morgan fingerprint density at radius 1 is 0.581 bits per heavy atom. The summed E-state index contributed by atoms with van der Waals surface area (Å²) >= 11 is 3.44. The van der Waals surface area contributed by atoms with Crippen LogP contribution in [0.4, 0.5) is 0 Å². The van der Waals surface area contributed by atoms with Gasteiger partial charge in [-0.25, -0.2) is 0 Å². The van der Waals surface area contributed by atoms with Crippen LogP contribution in [0, 0.1) is 0 Å². The SMILES string of the molecule is CCCCCCc1nnc(-c2ccc3ccc(-c4nnc(CCCCC)s4)cc3c2)s1. The summed E-state index contributed by atoms with van der Waals surface area (Å²) in [7, 11) is 0. The van der Waals surface area contributed by atoms with Gasteiger partial charge in [0, 0.05) is 24.0 Å². The molecule has 0 bridgehead atoms. The molecule has 0 saturated carbocycles. The summed E-state index contributed by atoms with van der Waals surface area (Å²) in [6, 6.07) is 13.1. The molecule has 0 spiro atoms. The van der Waals surface area contributed by atoms with Gasteiger partial charge >= 0.3 is 0 Å². The van der Waals surface area contributed by atoms with Crippen LogP contribution in [0.1, 0.15) is 68.8 Å². The molecule has 0 aliphatic heterocycles. The van der Waals surface area contributed by atoms with Gasteiger partial charge in [-0.05, 0) is 35.7 Å². The zero-order chi connectivity index (χ0) is 21.5. The summed E-state index contributed by atoms with van der Waals surface area (Å²) in [6.45, 7) is 4.47. The number of aromatic nitrogens is 4. The Morgan fingerprint density at radius 3 is 1.65 bits per heavy atom. The highest BCUT2D eigenvalue weighted by atomic mass is 32.1. The molecule has 0 N–H and O–H groups in total. The minimum Gasteiger partial charge on any atom is -0.143 e. The average molecular weight is 451 g/mol. The molecule has 31 heavy (non-hydrogen) atoms. The third-order valence-electron chi connectivity index (χ3n) is 5.51. The first-order valence-corrected chi connectivity index (χ1v) is 13.1. The van der Waals surface area contributed by atoms with E-state index >= 15 is 0 Å². The zero-order valence-corrected chi connectivity index (χ0v) is 20.1. The van der Waals surface area contributed by atoms with Crippen molar-refractivity contribution in [3.8, 4) is 21.1 Å². The molecule has 2 aromatic heterocycles. The first-order chi connectivity index (χ1) is 15.3. The molecule has 0 unspecified atom stereocenters. The minimum absolute atomic E-state index is 1.00. The number of benzene rings is 2. The number of hydrogen-bond donors (Lipinski definition) is 0. The fraction of sp³-hybridized carbons (Fsp3) is 0.440. The average Bonchev–Trinajstić information content (AvgIpc) is 3.46. The van der Waals surface area contributed by atoms with E-state index < -0.39 is 0 Å². The summed E-state index contributed by atoms with van der Waals surface area (Å²) in [6.07, 6.45) is 10.8. The van der Waals surface area contributed by atoms with Crippen LogP contribution >= 0.6 is 22.7 Å². The summed E-state index contributed by atoms with van der Waals surface area (Å²) in [4.78, 5) is 0. The Bertz CT molecular complexity index is 1120. The quantitative estimate of drug-likeness (QED) is 0.219. The lowest BCUT2D eigenvalue weighted by atomic mass is 10.0. The molecular formula is C25H30N4S2. The molecule has 0 amide bonds. The molecule has 0 radical (unpaired) electrons. The molecule has 4 aromatic rings. The lowest BCUT2D eigenvalue weighted by Gasteiger charge is -2.03. The highest BCUT2D eigenvalue weighted by molar-refractivity contribution is 7.15. The van der Waals surface area contributed by atoms with Crippen molar-refractivity contribution >= 4 is 33.4 Å². The number of aryl methyl sites for hydroxylation is 2. The smallest absolute Gasteiger partial charge is 0.143 e. The maximum atomic E-state index is 4.46. The Morgan fingerprint density at radius 2 is 1.10 bits per heavy atom. The van der Waals surface area contributed by atoms with Gasteiger partial charge in [-0.2, -0.15) is 0 Å². The van der Waals surface area contributed by atoms with Crippen molar-refractivity contribution in [1.82, 2.24) is 20.4 Å². The second-order valence-electron chi connectivity index (χ2n) is 8.05. The molecule has 6 heteroatoms. The molecule has 4 rings (SSSR count). The normalized spacial score (nSPS) is 11.4. The van der Waals surface area contributed by atoms with Crippen molar-refractivity contribution in [2.45, 2.75) is 71.6 Å². The second-order valence-corrected chi connectivity index (χ2v) is 10.2. The summed E-state index contributed by atoms with van der Waals surface area (Å²) < 4.78 is 0. The molecule has 0 fully saturated rings. The fourth-order valence-corrected chi connectivity index (χ4v) is 5.44. The van der Waals surface area contributed by atoms with Gasteiger partial charge < -0.3 is 0 Å². The van der Waals surface area contributed by atoms with Crippen molar-refractivity contribution in [1.29, 1.82) is 0 Å². The van der Waals surface area contributed by atoms with Crippen LogP contribution in [0.5, 0.6) is 0 Å². The van der Waals surface area contributed by atoms with Crippen molar-refractivity contribution in [2.75, 3.05) is 0 Å². The maximum Gasteiger partial charge on any atom is 0.147 e. The van der Waals surface area contributed by atoms with Gasteiger partial charge in [0.05, 0.1) is 0 Å². The molecular weight excluding hydrogens is 420 g/mol. The van der Waals surface area contributed by atoms with Gasteiger partial charge in [0.25, 0.3) is 0 Å². The lowest BCUT2D eigenvalue weighted by Crippen LogP contribution is -1.84. The molecule has 0 atom stereocenters. The van der Waals surface area contributed by atoms with Crippen molar-refractivity contribution < 1.29 is 0 Å². The van der Waals surface area contributed by atoms with Gasteiger partial charge in [-0.1, -0.05) is 92.9 Å². The van der Waals surface area contributed by atoms with Gasteiger partial charge in [0.15, 0.2) is 0 Å². The highest BCUT2D eigenvalue weighted by Gasteiger charge is 2.10. The first kappa shape index (κ1) is 22.0. The molecule has 2 heterocycles. The van der Waals surface area contributed by atoms with Crippen LogP contribution in [-0.2, 0) is 12.8 Å². The number of hydrogen-bond acceptors (Lipinski definition) is 6. The van der Waals surface area contributed by atoms with E-state index in [9.17, 15) is 0 Å². The number of unbranched alkanes of at least 4 members (excludes halogenated alkanes) is 5. The highest BCUT2D eigenvalue weighted by Crippen LogP contribution is 2.31. The van der Waals surface area contributed by atoms with Crippen LogP contribution in [0.2, 0.25) is 0 Å². The molecule has 0 aliphatic carbocycles. The minimum atomic E-state index is 1.00. The molecule has 162 valence electrons. The summed E-state index contributed by atoms with van der Waals surface area (Å²) in [5.41, 5.74) is 2.28. The van der Waals surface area contributed by atoms with E-state index in [1.165, 1.54) is 55.7 Å². The first-order valence-electron chi connectivity index (χ1n) is 11.5. The Balaban J connectivity index is 1.51. The maximum absolute atomic E-state index is 4.46. The van der Waals surface area contributed by atoms with Crippen LogP contribution in [-0.4, -0.2) is 20.4 Å². The van der Waals surface area contributed by atoms with E-state index in [1.54, 1.807) is 22.7 Å². The zero-order valence-electron chi connectivity index (χ0n) is 18.4. The Labute approximate surface area is 192 Å². The Kier molecular flexibility index (Phi) is 7.76. The summed E-state index contributed by atoms with van der Waals surface area (Å²) in [5, 5.41) is 24.4. The van der Waals surface area contributed by atoms with Crippen molar-refractivity contribution in [2.24, 2.45) is 0 Å².